The Kier molecular flexibility index (Phi) is 2.05. The van der Waals surface area contributed by atoms with Crippen molar-refractivity contribution in [3.8, 4) is 0 Å². The average molecular weight is 162 g/mol. The highest BCUT2D eigenvalue weighted by Crippen LogP contribution is 2.15. The second-order valence-corrected chi connectivity index (χ2v) is 2.61. The number of amides is 1. The van der Waals surface area contributed by atoms with Gasteiger partial charge < -0.3 is 4.74 Å². The Morgan fingerprint density at radius 2 is 2.50 bits per heavy atom. The van der Waals surface area contributed by atoms with Crippen LogP contribution >= 0.6 is 12.6 Å². The van der Waals surface area contributed by atoms with Gasteiger partial charge in [0.25, 0.3) is 0 Å². The number of thiol groups is 1. The fraction of sp³-hybridized carbons (Fsp3) is 0.800. The molecule has 0 aliphatic carbocycles. The van der Waals surface area contributed by atoms with Gasteiger partial charge in [0.1, 0.15) is 6.10 Å². The van der Waals surface area contributed by atoms with Gasteiger partial charge in [-0.15, -0.1) is 0 Å². The highest BCUT2D eigenvalue weighted by Gasteiger charge is 2.35. The van der Waals surface area contributed by atoms with Crippen molar-refractivity contribution >= 4 is 18.7 Å². The van der Waals surface area contributed by atoms with Crippen molar-refractivity contribution < 1.29 is 9.53 Å². The largest absolute Gasteiger partial charge is 0.443 e. The first kappa shape index (κ1) is 7.68. The molecule has 0 aromatic carbocycles. The number of nitrogens with zero attached hydrogens (tertiary/aromatic N) is 1. The van der Waals surface area contributed by atoms with Gasteiger partial charge in [-0.1, -0.05) is 0 Å². The van der Waals surface area contributed by atoms with Crippen LogP contribution in [0.2, 0.25) is 0 Å². The minimum atomic E-state index is -0.466. The highest BCUT2D eigenvalue weighted by molar-refractivity contribution is 7.80. The van der Waals surface area contributed by atoms with E-state index in [0.717, 1.165) is 5.01 Å². The van der Waals surface area contributed by atoms with E-state index in [0.29, 0.717) is 5.75 Å². The Balaban J connectivity index is 2.64. The molecule has 1 amide bonds. The molecule has 0 spiro atoms. The summed E-state index contributed by atoms with van der Waals surface area (Å²) in [5.41, 5.74) is 0. The Bertz CT molecular complexity index is 153. The third-order valence-corrected chi connectivity index (χ3v) is 1.96. The highest BCUT2D eigenvalue weighted by atomic mass is 32.1. The molecule has 1 rings (SSSR count). The van der Waals surface area contributed by atoms with Crippen molar-refractivity contribution in [3.63, 3.8) is 0 Å². The minimum Gasteiger partial charge on any atom is -0.443 e. The van der Waals surface area contributed by atoms with E-state index in [-0.39, 0.29) is 12.1 Å². The number of cyclic esters (lactones) is 1. The van der Waals surface area contributed by atoms with Gasteiger partial charge in [-0.25, -0.2) is 15.6 Å². The summed E-state index contributed by atoms with van der Waals surface area (Å²) in [5.74, 6) is 5.86. The van der Waals surface area contributed by atoms with Crippen molar-refractivity contribution in [2.45, 2.75) is 19.1 Å². The molecule has 10 heavy (non-hydrogen) atoms. The van der Waals surface area contributed by atoms with E-state index in [1.54, 1.807) is 6.92 Å². The predicted molar refractivity (Wildman–Crippen MR) is 39.6 cm³/mol. The van der Waals surface area contributed by atoms with Crippen LogP contribution in [0.15, 0.2) is 0 Å². The summed E-state index contributed by atoms with van der Waals surface area (Å²) in [6, 6.07) is -0.0872. The fourth-order valence-electron chi connectivity index (χ4n) is 0.896. The molecule has 1 heterocycles. The van der Waals surface area contributed by atoms with Crippen molar-refractivity contribution in [2.75, 3.05) is 5.75 Å². The number of nitrogens with two attached hydrogens (primary N) is 1. The van der Waals surface area contributed by atoms with Gasteiger partial charge in [0, 0.05) is 5.75 Å². The van der Waals surface area contributed by atoms with Crippen LogP contribution in [0.1, 0.15) is 6.92 Å². The van der Waals surface area contributed by atoms with Crippen LogP contribution in [0.3, 0.4) is 0 Å². The lowest BCUT2D eigenvalue weighted by molar-refractivity contribution is 0.137. The maximum Gasteiger partial charge on any atom is 0.424 e. The quantitative estimate of drug-likeness (QED) is 0.324. The summed E-state index contributed by atoms with van der Waals surface area (Å²) < 4.78 is 4.79. The van der Waals surface area contributed by atoms with E-state index in [9.17, 15) is 4.79 Å². The van der Waals surface area contributed by atoms with Crippen LogP contribution in [0.4, 0.5) is 4.79 Å². The molecule has 0 aromatic heterocycles. The van der Waals surface area contributed by atoms with Crippen LogP contribution < -0.4 is 5.84 Å². The molecule has 1 saturated heterocycles. The summed E-state index contributed by atoms with van der Waals surface area (Å²) >= 11 is 4.02. The maximum absolute atomic E-state index is 10.7. The lowest BCUT2D eigenvalue weighted by Crippen LogP contribution is -2.42. The van der Waals surface area contributed by atoms with Crippen molar-refractivity contribution in [3.05, 3.63) is 0 Å². The van der Waals surface area contributed by atoms with Crippen LogP contribution in [0.5, 0.6) is 0 Å². The molecule has 0 saturated carbocycles. The molecule has 2 unspecified atom stereocenters. The van der Waals surface area contributed by atoms with E-state index in [1.165, 1.54) is 0 Å². The lowest BCUT2D eigenvalue weighted by atomic mass is 10.2. The van der Waals surface area contributed by atoms with Crippen molar-refractivity contribution in [1.29, 1.82) is 0 Å². The number of rotatable bonds is 1. The third kappa shape index (κ3) is 1.06. The first-order valence-electron chi connectivity index (χ1n) is 3.02. The Morgan fingerprint density at radius 3 is 2.70 bits per heavy atom. The Morgan fingerprint density at radius 1 is 1.90 bits per heavy atom. The zero-order chi connectivity index (χ0) is 7.72. The number of hydrogen-bond acceptors (Lipinski definition) is 4. The van der Waals surface area contributed by atoms with Crippen molar-refractivity contribution in [1.82, 2.24) is 5.01 Å². The first-order valence-corrected chi connectivity index (χ1v) is 3.65. The molecule has 2 N–H and O–H groups in total. The zero-order valence-corrected chi connectivity index (χ0v) is 6.54. The number of hydrogen-bond donors (Lipinski definition) is 2. The molecule has 4 nitrogen and oxygen atoms in total. The maximum atomic E-state index is 10.7. The Labute approximate surface area is 64.7 Å². The van der Waals surface area contributed by atoms with Crippen molar-refractivity contribution in [2.24, 2.45) is 5.84 Å². The molecular weight excluding hydrogens is 152 g/mol. The summed E-state index contributed by atoms with van der Waals surface area (Å²) in [4.78, 5) is 10.7. The van der Waals surface area contributed by atoms with Crippen LogP contribution in [0, 0.1) is 0 Å². The molecule has 1 fully saturated rings. The van der Waals surface area contributed by atoms with Gasteiger partial charge in [-0.05, 0) is 6.92 Å². The van der Waals surface area contributed by atoms with E-state index in [2.05, 4.69) is 12.6 Å². The van der Waals surface area contributed by atoms with Gasteiger partial charge in [-0.3, -0.25) is 0 Å². The summed E-state index contributed by atoms with van der Waals surface area (Å²) in [5, 5.41) is 1.08. The lowest BCUT2D eigenvalue weighted by Gasteiger charge is -2.14. The third-order valence-electron chi connectivity index (χ3n) is 1.58. The number of hydrazine groups is 1. The van der Waals surface area contributed by atoms with E-state index in [1.807, 2.05) is 0 Å². The molecule has 2 atom stereocenters. The summed E-state index contributed by atoms with van der Waals surface area (Å²) in [6.07, 6.45) is -0.610. The normalized spacial score (nSPS) is 32.7. The van der Waals surface area contributed by atoms with Gasteiger partial charge in [0.05, 0.1) is 6.04 Å². The zero-order valence-electron chi connectivity index (χ0n) is 5.65. The standard InChI is InChI=1S/C5H10N2O2S/c1-3-4(2-10)7(6)5(8)9-3/h3-4,10H,2,6H2,1H3. The molecule has 5 heteroatoms. The van der Waals surface area contributed by atoms with Gasteiger partial charge in [0.15, 0.2) is 0 Å². The molecule has 0 aromatic rings. The summed E-state index contributed by atoms with van der Waals surface area (Å²) in [6.45, 7) is 1.80. The van der Waals surface area contributed by atoms with Crippen LogP contribution in [0.25, 0.3) is 0 Å². The molecule has 1 aliphatic heterocycles. The van der Waals surface area contributed by atoms with Crippen LogP contribution in [-0.2, 0) is 4.74 Å². The number of carbonyl (C=O) groups is 1. The average Bonchev–Trinajstić information content (AvgIpc) is 2.09. The predicted octanol–water partition coefficient (Wildman–Crippen LogP) is -0.000800. The summed E-state index contributed by atoms with van der Waals surface area (Å²) in [7, 11) is 0. The molecular formula is C5H10N2O2S. The number of carbonyl (C=O) groups excluding carboxylic acids is 1. The molecule has 58 valence electrons. The first-order chi connectivity index (χ1) is 4.66. The number of ether oxygens (including phenoxy) is 1. The smallest absolute Gasteiger partial charge is 0.424 e. The molecule has 0 radical (unpaired) electrons. The molecule has 1 aliphatic rings. The van der Waals surface area contributed by atoms with E-state index < -0.39 is 6.09 Å². The minimum absolute atomic E-state index is 0.0872. The SMILES string of the molecule is CC1OC(=O)N(N)C1CS. The second kappa shape index (κ2) is 2.67. The second-order valence-electron chi connectivity index (χ2n) is 2.25. The topological polar surface area (TPSA) is 55.6 Å². The Hall–Kier alpha value is -0.420. The van der Waals surface area contributed by atoms with E-state index in [4.69, 9.17) is 10.6 Å². The monoisotopic (exact) mass is 162 g/mol. The van der Waals surface area contributed by atoms with E-state index >= 15 is 0 Å². The van der Waals surface area contributed by atoms with Crippen LogP contribution in [-0.4, -0.2) is 29.0 Å². The molecule has 0 bridgehead atoms. The van der Waals surface area contributed by atoms with Gasteiger partial charge in [0.2, 0.25) is 0 Å². The fourth-order valence-corrected chi connectivity index (χ4v) is 1.37. The van der Waals surface area contributed by atoms with Gasteiger partial charge >= 0.3 is 6.09 Å². The van der Waals surface area contributed by atoms with Gasteiger partial charge in [-0.2, -0.15) is 12.6 Å².